The molecule has 5 heteroatoms. The molecule has 1 saturated heterocycles. The van der Waals surface area contributed by atoms with Crippen molar-refractivity contribution in [3.05, 3.63) is 29.8 Å². The van der Waals surface area contributed by atoms with Gasteiger partial charge in [-0.25, -0.2) is 4.79 Å². The zero-order valence-corrected chi connectivity index (χ0v) is 12.2. The SMILES string of the molecule is CC(C(=O)O)C1CN(C(=O)N2CCCc3ccccc32)C1. The van der Waals surface area contributed by atoms with Gasteiger partial charge in [0.05, 0.1) is 5.92 Å². The standard InChI is InChI=1S/C16H20N2O3/c1-11(15(19)20)13-9-17(10-13)16(21)18-8-4-6-12-5-2-3-7-14(12)18/h2-3,5,7,11,13H,4,6,8-10H2,1H3,(H,19,20). The Morgan fingerprint density at radius 2 is 2.00 bits per heavy atom. The number of aryl methyl sites for hydroxylation is 1. The van der Waals surface area contributed by atoms with E-state index in [1.807, 2.05) is 23.1 Å². The fraction of sp³-hybridized carbons (Fsp3) is 0.500. The van der Waals surface area contributed by atoms with Crippen molar-refractivity contribution in [2.75, 3.05) is 24.5 Å². The molecule has 2 heterocycles. The summed E-state index contributed by atoms with van der Waals surface area (Å²) in [6.07, 6.45) is 1.99. The molecular formula is C16H20N2O3. The van der Waals surface area contributed by atoms with Gasteiger partial charge in [-0.1, -0.05) is 25.1 Å². The lowest BCUT2D eigenvalue weighted by molar-refractivity contribution is -0.144. The van der Waals surface area contributed by atoms with Crippen LogP contribution in [0.15, 0.2) is 24.3 Å². The van der Waals surface area contributed by atoms with E-state index in [1.54, 1.807) is 11.8 Å². The minimum Gasteiger partial charge on any atom is -0.481 e. The summed E-state index contributed by atoms with van der Waals surface area (Å²) in [7, 11) is 0. The van der Waals surface area contributed by atoms with E-state index in [-0.39, 0.29) is 17.9 Å². The first kappa shape index (κ1) is 13.9. The Labute approximate surface area is 124 Å². The van der Waals surface area contributed by atoms with E-state index < -0.39 is 5.97 Å². The molecule has 0 saturated carbocycles. The Morgan fingerprint density at radius 3 is 2.71 bits per heavy atom. The van der Waals surface area contributed by atoms with E-state index >= 15 is 0 Å². The van der Waals surface area contributed by atoms with Gasteiger partial charge in [0.25, 0.3) is 0 Å². The minimum atomic E-state index is -0.782. The number of aliphatic carboxylic acids is 1. The van der Waals surface area contributed by atoms with Gasteiger partial charge in [-0.15, -0.1) is 0 Å². The van der Waals surface area contributed by atoms with Gasteiger partial charge in [0, 0.05) is 31.2 Å². The molecule has 2 aliphatic rings. The highest BCUT2D eigenvalue weighted by Gasteiger charge is 2.39. The normalized spacial score (nSPS) is 19.7. The largest absolute Gasteiger partial charge is 0.481 e. The average molecular weight is 288 g/mol. The van der Waals surface area contributed by atoms with Gasteiger partial charge in [-0.2, -0.15) is 0 Å². The number of urea groups is 1. The van der Waals surface area contributed by atoms with Crippen LogP contribution in [0.2, 0.25) is 0 Å². The van der Waals surface area contributed by atoms with Crippen LogP contribution in [0.25, 0.3) is 0 Å². The number of hydrogen-bond acceptors (Lipinski definition) is 2. The first-order valence-corrected chi connectivity index (χ1v) is 7.45. The van der Waals surface area contributed by atoms with Gasteiger partial charge in [-0.05, 0) is 24.5 Å². The first-order valence-electron chi connectivity index (χ1n) is 7.45. The monoisotopic (exact) mass is 288 g/mol. The number of hydrogen-bond donors (Lipinski definition) is 1. The van der Waals surface area contributed by atoms with E-state index in [2.05, 4.69) is 6.07 Å². The van der Waals surface area contributed by atoms with E-state index in [4.69, 9.17) is 5.11 Å². The number of carbonyl (C=O) groups excluding carboxylic acids is 1. The number of anilines is 1. The maximum absolute atomic E-state index is 12.6. The Morgan fingerprint density at radius 1 is 1.29 bits per heavy atom. The third-order valence-corrected chi connectivity index (χ3v) is 4.62. The maximum Gasteiger partial charge on any atom is 0.324 e. The van der Waals surface area contributed by atoms with Crippen molar-refractivity contribution in [2.45, 2.75) is 19.8 Å². The lowest BCUT2D eigenvalue weighted by atomic mass is 9.87. The minimum absolute atomic E-state index is 0.0102. The van der Waals surface area contributed by atoms with Crippen LogP contribution in [0.3, 0.4) is 0 Å². The second-order valence-corrected chi connectivity index (χ2v) is 5.96. The third-order valence-electron chi connectivity index (χ3n) is 4.62. The van der Waals surface area contributed by atoms with E-state index in [0.717, 1.165) is 25.1 Å². The van der Waals surface area contributed by atoms with Gasteiger partial charge >= 0.3 is 12.0 Å². The number of amides is 2. The number of carboxylic acids is 1. The number of fused-ring (bicyclic) bond motifs is 1. The number of likely N-dealkylation sites (tertiary alicyclic amines) is 1. The molecule has 21 heavy (non-hydrogen) atoms. The average Bonchev–Trinajstić information content (AvgIpc) is 2.44. The van der Waals surface area contributed by atoms with Crippen LogP contribution in [-0.2, 0) is 11.2 Å². The maximum atomic E-state index is 12.6. The summed E-state index contributed by atoms with van der Waals surface area (Å²) in [5, 5.41) is 9.01. The molecule has 1 aromatic rings. The molecule has 0 aliphatic carbocycles. The van der Waals surface area contributed by atoms with Gasteiger partial charge in [0.1, 0.15) is 0 Å². The molecule has 2 aliphatic heterocycles. The van der Waals surface area contributed by atoms with E-state index in [9.17, 15) is 9.59 Å². The zero-order valence-electron chi connectivity index (χ0n) is 12.2. The van der Waals surface area contributed by atoms with Crippen LogP contribution < -0.4 is 4.90 Å². The smallest absolute Gasteiger partial charge is 0.324 e. The van der Waals surface area contributed by atoms with Crippen molar-refractivity contribution >= 4 is 17.7 Å². The summed E-state index contributed by atoms with van der Waals surface area (Å²) in [4.78, 5) is 27.1. The van der Waals surface area contributed by atoms with Crippen molar-refractivity contribution < 1.29 is 14.7 Å². The van der Waals surface area contributed by atoms with Crippen LogP contribution in [0, 0.1) is 11.8 Å². The number of para-hydroxylation sites is 1. The zero-order chi connectivity index (χ0) is 15.0. The highest BCUT2D eigenvalue weighted by molar-refractivity contribution is 5.93. The Bertz CT molecular complexity index is 566. The van der Waals surface area contributed by atoms with Crippen molar-refractivity contribution in [1.82, 2.24) is 4.90 Å². The molecular weight excluding hydrogens is 268 g/mol. The number of rotatable bonds is 2. The second kappa shape index (κ2) is 5.39. The van der Waals surface area contributed by atoms with Crippen molar-refractivity contribution in [2.24, 2.45) is 11.8 Å². The lowest BCUT2D eigenvalue weighted by Crippen LogP contribution is -2.58. The molecule has 3 rings (SSSR count). The predicted molar refractivity (Wildman–Crippen MR) is 79.4 cm³/mol. The number of nitrogens with zero attached hydrogens (tertiary/aromatic N) is 2. The summed E-state index contributed by atoms with van der Waals surface area (Å²) >= 11 is 0. The van der Waals surface area contributed by atoms with Crippen LogP contribution >= 0.6 is 0 Å². The van der Waals surface area contributed by atoms with Gasteiger partial charge in [-0.3, -0.25) is 9.69 Å². The van der Waals surface area contributed by atoms with Gasteiger partial charge in [0.15, 0.2) is 0 Å². The highest BCUT2D eigenvalue weighted by Crippen LogP contribution is 2.31. The van der Waals surface area contributed by atoms with Crippen molar-refractivity contribution in [1.29, 1.82) is 0 Å². The summed E-state index contributed by atoms with van der Waals surface area (Å²) in [5.74, 6) is -1.09. The molecule has 0 aromatic heterocycles. The summed E-state index contributed by atoms with van der Waals surface area (Å²) in [6.45, 7) is 3.55. The van der Waals surface area contributed by atoms with Crippen molar-refractivity contribution in [3.63, 3.8) is 0 Å². The van der Waals surface area contributed by atoms with Gasteiger partial charge < -0.3 is 10.0 Å². The second-order valence-electron chi connectivity index (χ2n) is 5.96. The predicted octanol–water partition coefficient (Wildman–Crippen LogP) is 2.21. The fourth-order valence-corrected chi connectivity index (χ4v) is 3.09. The van der Waals surface area contributed by atoms with E-state index in [1.165, 1.54) is 5.56 Å². The van der Waals surface area contributed by atoms with Crippen LogP contribution in [0.1, 0.15) is 18.9 Å². The number of benzene rings is 1. The molecule has 0 radical (unpaired) electrons. The van der Waals surface area contributed by atoms with Crippen LogP contribution in [0.5, 0.6) is 0 Å². The molecule has 1 unspecified atom stereocenters. The van der Waals surface area contributed by atoms with Crippen molar-refractivity contribution in [3.8, 4) is 0 Å². The Balaban J connectivity index is 1.67. The Kier molecular flexibility index (Phi) is 3.57. The van der Waals surface area contributed by atoms with Crippen LogP contribution in [0.4, 0.5) is 10.5 Å². The topological polar surface area (TPSA) is 60.9 Å². The molecule has 1 fully saturated rings. The van der Waals surface area contributed by atoms with E-state index in [0.29, 0.717) is 13.1 Å². The summed E-state index contributed by atoms with van der Waals surface area (Å²) in [6, 6.07) is 8.02. The quantitative estimate of drug-likeness (QED) is 0.907. The van der Waals surface area contributed by atoms with Crippen LogP contribution in [-0.4, -0.2) is 41.6 Å². The Hall–Kier alpha value is -2.04. The first-order chi connectivity index (χ1) is 10.1. The molecule has 2 amide bonds. The molecule has 0 spiro atoms. The molecule has 1 atom stereocenters. The molecule has 5 nitrogen and oxygen atoms in total. The van der Waals surface area contributed by atoms with Gasteiger partial charge in [0.2, 0.25) is 0 Å². The summed E-state index contributed by atoms with van der Waals surface area (Å²) in [5.41, 5.74) is 2.22. The molecule has 0 bridgehead atoms. The molecule has 1 aromatic carbocycles. The molecule has 1 N–H and O–H groups in total. The third kappa shape index (κ3) is 2.48. The lowest BCUT2D eigenvalue weighted by Gasteiger charge is -2.44. The number of carboxylic acid groups (broad SMARTS) is 1. The fourth-order valence-electron chi connectivity index (χ4n) is 3.09. The summed E-state index contributed by atoms with van der Waals surface area (Å²) < 4.78 is 0. The highest BCUT2D eigenvalue weighted by atomic mass is 16.4. The number of carbonyl (C=O) groups is 2. The molecule has 112 valence electrons.